The van der Waals surface area contributed by atoms with Crippen LogP contribution in [0.1, 0.15) is 13.3 Å². The highest BCUT2D eigenvalue weighted by molar-refractivity contribution is 5.64. The van der Waals surface area contributed by atoms with E-state index < -0.39 is 6.09 Å². The predicted molar refractivity (Wildman–Crippen MR) is 35.2 cm³/mol. The fourth-order valence-corrected chi connectivity index (χ4v) is 0.573. The molecular weight excluding hydrogens is 118 g/mol. The van der Waals surface area contributed by atoms with Gasteiger partial charge in [0.15, 0.2) is 0 Å². The molecular formula is C6H12NO2. The quantitative estimate of drug-likeness (QED) is 0.623. The van der Waals surface area contributed by atoms with Crippen LogP contribution in [0.5, 0.6) is 0 Å². The molecule has 0 aromatic rings. The van der Waals surface area contributed by atoms with E-state index in [4.69, 9.17) is 5.11 Å². The number of amides is 1. The Kier molecular flexibility index (Phi) is 3.84. The number of nitrogens with zero attached hydrogens (tertiary/aromatic N) is 1. The van der Waals surface area contributed by atoms with Crippen LogP contribution in [0.15, 0.2) is 0 Å². The number of carboxylic acid groups (broad SMARTS) is 1. The van der Waals surface area contributed by atoms with Crippen LogP contribution in [0.4, 0.5) is 4.79 Å². The molecule has 0 aromatic carbocycles. The Bertz CT molecular complexity index is 93.1. The van der Waals surface area contributed by atoms with Gasteiger partial charge < -0.3 is 10.0 Å². The number of carbonyl (C=O) groups is 1. The van der Waals surface area contributed by atoms with Gasteiger partial charge in [-0.15, -0.1) is 0 Å². The molecule has 0 rings (SSSR count). The summed E-state index contributed by atoms with van der Waals surface area (Å²) in [7, 11) is 0. The number of hydrogen-bond acceptors (Lipinski definition) is 1. The SMILES string of the molecule is [CH2]CN(CCC)C(=O)O. The van der Waals surface area contributed by atoms with Gasteiger partial charge in [0.2, 0.25) is 0 Å². The van der Waals surface area contributed by atoms with Gasteiger partial charge in [-0.1, -0.05) is 6.92 Å². The first-order valence-electron chi connectivity index (χ1n) is 2.99. The van der Waals surface area contributed by atoms with Crippen molar-refractivity contribution in [2.75, 3.05) is 13.1 Å². The summed E-state index contributed by atoms with van der Waals surface area (Å²) in [5.74, 6) is 0. The van der Waals surface area contributed by atoms with Crippen molar-refractivity contribution < 1.29 is 9.90 Å². The molecule has 0 aliphatic carbocycles. The molecule has 0 unspecified atom stereocenters. The van der Waals surface area contributed by atoms with E-state index in [2.05, 4.69) is 6.92 Å². The zero-order chi connectivity index (χ0) is 7.28. The van der Waals surface area contributed by atoms with E-state index in [-0.39, 0.29) is 0 Å². The Morgan fingerprint density at radius 1 is 1.78 bits per heavy atom. The first-order valence-corrected chi connectivity index (χ1v) is 2.99. The van der Waals surface area contributed by atoms with E-state index in [0.29, 0.717) is 13.1 Å². The summed E-state index contributed by atoms with van der Waals surface area (Å²) in [6.07, 6.45) is -0.0335. The molecule has 3 nitrogen and oxygen atoms in total. The molecule has 1 radical (unpaired) electrons. The normalized spacial score (nSPS) is 9.11. The van der Waals surface area contributed by atoms with Crippen molar-refractivity contribution in [3.8, 4) is 0 Å². The van der Waals surface area contributed by atoms with Crippen LogP contribution in [0.25, 0.3) is 0 Å². The molecule has 0 heterocycles. The molecule has 3 heteroatoms. The zero-order valence-corrected chi connectivity index (χ0v) is 5.63. The van der Waals surface area contributed by atoms with Crippen LogP contribution in [0.3, 0.4) is 0 Å². The third kappa shape index (κ3) is 2.95. The lowest BCUT2D eigenvalue weighted by atomic mass is 10.4. The molecule has 1 N–H and O–H groups in total. The van der Waals surface area contributed by atoms with Crippen molar-refractivity contribution in [3.05, 3.63) is 6.92 Å². The molecule has 0 saturated carbocycles. The van der Waals surface area contributed by atoms with E-state index in [9.17, 15) is 4.79 Å². The van der Waals surface area contributed by atoms with Gasteiger partial charge in [0.1, 0.15) is 0 Å². The van der Waals surface area contributed by atoms with Gasteiger partial charge >= 0.3 is 6.09 Å². The van der Waals surface area contributed by atoms with E-state index in [1.165, 1.54) is 4.90 Å². The third-order valence-electron chi connectivity index (χ3n) is 1.03. The number of rotatable bonds is 3. The zero-order valence-electron chi connectivity index (χ0n) is 5.63. The molecule has 0 atom stereocenters. The van der Waals surface area contributed by atoms with Crippen molar-refractivity contribution >= 4 is 6.09 Å². The van der Waals surface area contributed by atoms with Crippen molar-refractivity contribution in [2.24, 2.45) is 0 Å². The maximum atomic E-state index is 10.2. The van der Waals surface area contributed by atoms with E-state index in [0.717, 1.165) is 6.42 Å². The highest BCUT2D eigenvalue weighted by Gasteiger charge is 2.05. The first kappa shape index (κ1) is 8.27. The average Bonchev–Trinajstić information content (AvgIpc) is 1.82. The minimum atomic E-state index is -0.883. The lowest BCUT2D eigenvalue weighted by Crippen LogP contribution is -2.29. The van der Waals surface area contributed by atoms with E-state index in [1.807, 2.05) is 6.92 Å². The van der Waals surface area contributed by atoms with Crippen LogP contribution in [0.2, 0.25) is 0 Å². The second-order valence-corrected chi connectivity index (χ2v) is 1.77. The van der Waals surface area contributed by atoms with Crippen molar-refractivity contribution in [1.82, 2.24) is 4.90 Å². The molecule has 0 aromatic heterocycles. The second-order valence-electron chi connectivity index (χ2n) is 1.77. The van der Waals surface area contributed by atoms with Crippen molar-refractivity contribution in [2.45, 2.75) is 13.3 Å². The first-order chi connectivity index (χ1) is 4.22. The maximum absolute atomic E-state index is 10.2. The van der Waals surface area contributed by atoms with Crippen LogP contribution < -0.4 is 0 Å². The molecule has 1 amide bonds. The van der Waals surface area contributed by atoms with Gasteiger partial charge in [0.05, 0.1) is 0 Å². The topological polar surface area (TPSA) is 40.5 Å². The largest absolute Gasteiger partial charge is 0.465 e. The number of hydrogen-bond donors (Lipinski definition) is 1. The lowest BCUT2D eigenvalue weighted by molar-refractivity contribution is 0.150. The standard InChI is InChI=1S/C6H12NO2/c1-3-5-7(4-2)6(8)9/h2-5H2,1H3,(H,8,9). The Hall–Kier alpha value is -0.730. The van der Waals surface area contributed by atoms with Crippen LogP contribution in [-0.4, -0.2) is 29.2 Å². The summed E-state index contributed by atoms with van der Waals surface area (Å²) in [5, 5.41) is 8.39. The Morgan fingerprint density at radius 3 is 2.44 bits per heavy atom. The van der Waals surface area contributed by atoms with Crippen LogP contribution in [-0.2, 0) is 0 Å². The summed E-state index contributed by atoms with van der Waals surface area (Å²) in [5.41, 5.74) is 0. The molecule has 0 aliphatic rings. The summed E-state index contributed by atoms with van der Waals surface area (Å²) in [4.78, 5) is 11.5. The molecule has 0 aliphatic heterocycles. The molecule has 0 bridgehead atoms. The molecule has 0 spiro atoms. The van der Waals surface area contributed by atoms with Gasteiger partial charge in [0.25, 0.3) is 0 Å². The fourth-order valence-electron chi connectivity index (χ4n) is 0.573. The van der Waals surface area contributed by atoms with Crippen molar-refractivity contribution in [1.29, 1.82) is 0 Å². The maximum Gasteiger partial charge on any atom is 0.407 e. The average molecular weight is 130 g/mol. The Morgan fingerprint density at radius 2 is 2.33 bits per heavy atom. The van der Waals surface area contributed by atoms with Gasteiger partial charge in [-0.3, -0.25) is 0 Å². The lowest BCUT2D eigenvalue weighted by Gasteiger charge is -2.14. The Labute approximate surface area is 55.3 Å². The highest BCUT2D eigenvalue weighted by Crippen LogP contribution is 1.89. The minimum Gasteiger partial charge on any atom is -0.465 e. The molecule has 9 heavy (non-hydrogen) atoms. The highest BCUT2D eigenvalue weighted by atomic mass is 16.4. The third-order valence-corrected chi connectivity index (χ3v) is 1.03. The van der Waals surface area contributed by atoms with Gasteiger partial charge in [-0.25, -0.2) is 4.79 Å². The van der Waals surface area contributed by atoms with Gasteiger partial charge in [-0.05, 0) is 13.3 Å². The monoisotopic (exact) mass is 130 g/mol. The van der Waals surface area contributed by atoms with E-state index >= 15 is 0 Å². The van der Waals surface area contributed by atoms with Gasteiger partial charge in [0, 0.05) is 13.1 Å². The van der Waals surface area contributed by atoms with Crippen LogP contribution >= 0.6 is 0 Å². The summed E-state index contributed by atoms with van der Waals surface area (Å²) >= 11 is 0. The summed E-state index contributed by atoms with van der Waals surface area (Å²) < 4.78 is 0. The molecule has 0 saturated heterocycles. The van der Waals surface area contributed by atoms with Crippen LogP contribution in [0, 0.1) is 6.92 Å². The van der Waals surface area contributed by atoms with E-state index in [1.54, 1.807) is 0 Å². The smallest absolute Gasteiger partial charge is 0.407 e. The molecule has 0 fully saturated rings. The predicted octanol–water partition coefficient (Wildman–Crippen LogP) is 1.21. The summed E-state index contributed by atoms with van der Waals surface area (Å²) in [6, 6.07) is 0. The van der Waals surface area contributed by atoms with Crippen molar-refractivity contribution in [3.63, 3.8) is 0 Å². The fraction of sp³-hybridized carbons (Fsp3) is 0.667. The second kappa shape index (κ2) is 4.18. The molecule has 53 valence electrons. The summed E-state index contributed by atoms with van der Waals surface area (Å²) in [6.45, 7) is 6.33. The Balaban J connectivity index is 3.54. The van der Waals surface area contributed by atoms with Gasteiger partial charge in [-0.2, -0.15) is 0 Å². The minimum absolute atomic E-state index is 0.336.